The Balaban J connectivity index is 1.29. The van der Waals surface area contributed by atoms with E-state index in [1.54, 1.807) is 25.4 Å². The standard InChI is InChI=1S/C31H27F3N6O2/c1-3-5-25(32)27(4-2)42-28-9-7-23(18-36-28)37-30(41)29-24-15-21(6-8-26(24)38-39-29)22-14-20(16-35-17-22)19-40-12-10-31(33,34)11-13-40/h1,4-9,14-18H,10-13,19H2,2H3,(H,37,41)(H,38,39)/b25-5+,27-4+. The average molecular weight is 573 g/mol. The SMILES string of the molecule is C#C/C=C(F)\C(=C/C)Oc1ccc(NC(=O)c2n[nH]c3ccc(-c4cncc(CN5CCC(F)(F)CC5)c4)cc23)cn1. The van der Waals surface area contributed by atoms with Gasteiger partial charge < -0.3 is 10.1 Å². The molecule has 214 valence electrons. The molecule has 8 nitrogen and oxygen atoms in total. The van der Waals surface area contributed by atoms with E-state index in [1.165, 1.54) is 18.3 Å². The predicted octanol–water partition coefficient (Wildman–Crippen LogP) is 6.27. The third kappa shape index (κ3) is 6.67. The second-order valence-corrected chi connectivity index (χ2v) is 9.80. The van der Waals surface area contributed by atoms with Crippen LogP contribution in [0.25, 0.3) is 22.0 Å². The fourth-order valence-corrected chi connectivity index (χ4v) is 4.60. The van der Waals surface area contributed by atoms with Crippen LogP contribution in [0, 0.1) is 12.3 Å². The van der Waals surface area contributed by atoms with Crippen LogP contribution >= 0.6 is 0 Å². The van der Waals surface area contributed by atoms with Crippen molar-refractivity contribution in [3.8, 4) is 29.4 Å². The van der Waals surface area contributed by atoms with E-state index >= 15 is 0 Å². The molecular weight excluding hydrogens is 545 g/mol. The number of aromatic amines is 1. The number of amides is 1. The van der Waals surface area contributed by atoms with Crippen LogP contribution in [0.2, 0.25) is 0 Å². The Kier molecular flexibility index (Phi) is 8.36. The first-order chi connectivity index (χ1) is 20.2. The Hall–Kier alpha value is -4.95. The third-order valence-electron chi connectivity index (χ3n) is 6.82. The van der Waals surface area contributed by atoms with Crippen LogP contribution in [0.5, 0.6) is 5.88 Å². The zero-order valence-corrected chi connectivity index (χ0v) is 22.7. The number of anilines is 1. The maximum Gasteiger partial charge on any atom is 0.276 e. The number of hydrogen-bond acceptors (Lipinski definition) is 6. The second kappa shape index (κ2) is 12.3. The van der Waals surface area contributed by atoms with Crippen molar-refractivity contribution < 1.29 is 22.7 Å². The number of halogens is 3. The zero-order valence-electron chi connectivity index (χ0n) is 22.7. The first kappa shape index (κ1) is 28.6. The molecule has 1 amide bonds. The van der Waals surface area contributed by atoms with Gasteiger partial charge in [0.05, 0.1) is 17.4 Å². The summed E-state index contributed by atoms with van der Waals surface area (Å²) >= 11 is 0. The van der Waals surface area contributed by atoms with Crippen LogP contribution in [0.15, 0.2) is 78.7 Å². The fourth-order valence-electron chi connectivity index (χ4n) is 4.60. The molecule has 4 aromatic rings. The minimum Gasteiger partial charge on any atom is -0.436 e. The van der Waals surface area contributed by atoms with Crippen LogP contribution in [-0.4, -0.2) is 50.0 Å². The number of piperidine rings is 1. The van der Waals surface area contributed by atoms with Gasteiger partial charge in [0.25, 0.3) is 11.8 Å². The molecule has 0 saturated carbocycles. The van der Waals surface area contributed by atoms with E-state index in [0.717, 1.165) is 22.8 Å². The van der Waals surface area contributed by atoms with Gasteiger partial charge in [-0.05, 0) is 48.4 Å². The van der Waals surface area contributed by atoms with E-state index < -0.39 is 17.7 Å². The molecular formula is C31H27F3N6O2. The average Bonchev–Trinajstić information content (AvgIpc) is 3.42. The quantitative estimate of drug-likeness (QED) is 0.147. The topological polar surface area (TPSA) is 96.0 Å². The van der Waals surface area contributed by atoms with Crippen molar-refractivity contribution in [2.75, 3.05) is 18.4 Å². The summed E-state index contributed by atoms with van der Waals surface area (Å²) in [5.74, 6) is -1.62. The van der Waals surface area contributed by atoms with Crippen LogP contribution < -0.4 is 10.1 Å². The number of alkyl halides is 2. The van der Waals surface area contributed by atoms with Crippen molar-refractivity contribution in [1.29, 1.82) is 0 Å². The van der Waals surface area contributed by atoms with E-state index in [9.17, 15) is 18.0 Å². The van der Waals surface area contributed by atoms with Gasteiger partial charge in [-0.3, -0.25) is 19.8 Å². The second-order valence-electron chi connectivity index (χ2n) is 9.80. The number of carbonyl (C=O) groups excluding carboxylic acids is 1. The van der Waals surface area contributed by atoms with Gasteiger partial charge in [-0.2, -0.15) is 5.10 Å². The van der Waals surface area contributed by atoms with Crippen molar-refractivity contribution >= 4 is 22.5 Å². The maximum atomic E-state index is 14.0. The first-order valence-electron chi connectivity index (χ1n) is 13.2. The van der Waals surface area contributed by atoms with Gasteiger partial charge in [-0.1, -0.05) is 12.0 Å². The van der Waals surface area contributed by atoms with Gasteiger partial charge in [0.1, 0.15) is 0 Å². The molecule has 3 aromatic heterocycles. The number of nitrogens with one attached hydrogen (secondary N) is 2. The lowest BCUT2D eigenvalue weighted by Gasteiger charge is -2.31. The van der Waals surface area contributed by atoms with Gasteiger partial charge >= 0.3 is 0 Å². The molecule has 1 saturated heterocycles. The monoisotopic (exact) mass is 572 g/mol. The predicted molar refractivity (Wildman–Crippen MR) is 153 cm³/mol. The highest BCUT2D eigenvalue weighted by Gasteiger charge is 2.33. The zero-order chi connectivity index (χ0) is 29.7. The van der Waals surface area contributed by atoms with E-state index in [0.29, 0.717) is 36.2 Å². The number of fused-ring (bicyclic) bond motifs is 1. The Morgan fingerprint density at radius 1 is 1.17 bits per heavy atom. The number of aromatic nitrogens is 4. The highest BCUT2D eigenvalue weighted by atomic mass is 19.3. The number of allylic oxidation sites excluding steroid dienone is 3. The number of likely N-dealkylation sites (tertiary alicyclic amines) is 1. The number of H-pyrrole nitrogens is 1. The molecule has 4 heterocycles. The molecule has 1 fully saturated rings. The molecule has 5 rings (SSSR count). The van der Waals surface area contributed by atoms with Crippen molar-refractivity contribution in [2.24, 2.45) is 0 Å². The normalized spacial score (nSPS) is 15.8. The number of rotatable bonds is 8. The highest BCUT2D eigenvalue weighted by Crippen LogP contribution is 2.30. The van der Waals surface area contributed by atoms with Crippen molar-refractivity contribution in [3.63, 3.8) is 0 Å². The van der Waals surface area contributed by atoms with E-state index in [1.807, 2.05) is 29.2 Å². The van der Waals surface area contributed by atoms with Gasteiger partial charge in [-0.25, -0.2) is 18.2 Å². The van der Waals surface area contributed by atoms with E-state index in [-0.39, 0.29) is 30.2 Å². The number of benzene rings is 1. The largest absolute Gasteiger partial charge is 0.436 e. The van der Waals surface area contributed by atoms with Crippen LogP contribution in [-0.2, 0) is 6.54 Å². The highest BCUT2D eigenvalue weighted by molar-refractivity contribution is 6.11. The fraction of sp³-hybridized carbons (Fsp3) is 0.226. The van der Waals surface area contributed by atoms with E-state index in [4.69, 9.17) is 11.2 Å². The first-order valence-corrected chi connectivity index (χ1v) is 13.2. The Morgan fingerprint density at radius 2 is 1.98 bits per heavy atom. The number of carbonyl (C=O) groups is 1. The van der Waals surface area contributed by atoms with Gasteiger partial charge in [0, 0.05) is 68.0 Å². The number of terminal acetylenes is 1. The minimum atomic E-state index is -2.59. The summed E-state index contributed by atoms with van der Waals surface area (Å²) in [4.78, 5) is 23.6. The summed E-state index contributed by atoms with van der Waals surface area (Å²) in [5.41, 5.74) is 3.81. The molecule has 0 radical (unpaired) electrons. The van der Waals surface area contributed by atoms with Crippen molar-refractivity contribution in [3.05, 3.63) is 90.0 Å². The van der Waals surface area contributed by atoms with Crippen LogP contribution in [0.4, 0.5) is 18.9 Å². The number of pyridine rings is 2. The lowest BCUT2D eigenvalue weighted by molar-refractivity contribution is -0.0566. The molecule has 1 aromatic carbocycles. The summed E-state index contributed by atoms with van der Waals surface area (Å²) in [6, 6.07) is 10.6. The number of hydrogen-bond donors (Lipinski definition) is 2. The minimum absolute atomic E-state index is 0.0760. The lowest BCUT2D eigenvalue weighted by Crippen LogP contribution is -2.38. The summed E-state index contributed by atoms with van der Waals surface area (Å²) in [6.07, 6.45) is 12.0. The third-order valence-corrected chi connectivity index (χ3v) is 6.82. The van der Waals surface area contributed by atoms with E-state index in [2.05, 4.69) is 31.4 Å². The smallest absolute Gasteiger partial charge is 0.276 e. The Labute approximate surface area is 240 Å². The summed E-state index contributed by atoms with van der Waals surface area (Å²) in [6.45, 7) is 2.80. The molecule has 0 aliphatic carbocycles. The molecule has 2 N–H and O–H groups in total. The van der Waals surface area contributed by atoms with Crippen LogP contribution in [0.1, 0.15) is 35.8 Å². The summed E-state index contributed by atoms with van der Waals surface area (Å²) in [5, 5.41) is 10.4. The maximum absolute atomic E-state index is 14.0. The molecule has 1 aliphatic heterocycles. The number of ether oxygens (including phenoxy) is 1. The Morgan fingerprint density at radius 3 is 2.69 bits per heavy atom. The molecule has 0 atom stereocenters. The molecule has 0 spiro atoms. The molecule has 0 unspecified atom stereocenters. The molecule has 11 heteroatoms. The molecule has 1 aliphatic rings. The van der Waals surface area contributed by atoms with Crippen molar-refractivity contribution in [1.82, 2.24) is 25.1 Å². The molecule has 0 bridgehead atoms. The number of nitrogens with zero attached hydrogens (tertiary/aromatic N) is 4. The van der Waals surface area contributed by atoms with Crippen molar-refractivity contribution in [2.45, 2.75) is 32.2 Å². The summed E-state index contributed by atoms with van der Waals surface area (Å²) in [7, 11) is 0. The van der Waals surface area contributed by atoms with Gasteiger partial charge in [0.15, 0.2) is 17.3 Å². The van der Waals surface area contributed by atoms with Crippen LogP contribution in [0.3, 0.4) is 0 Å². The van der Waals surface area contributed by atoms with Gasteiger partial charge in [-0.15, -0.1) is 6.42 Å². The lowest BCUT2D eigenvalue weighted by atomic mass is 10.0. The summed E-state index contributed by atoms with van der Waals surface area (Å²) < 4.78 is 46.4. The molecule has 42 heavy (non-hydrogen) atoms. The van der Waals surface area contributed by atoms with Gasteiger partial charge in [0.2, 0.25) is 5.88 Å². The Bertz CT molecular complexity index is 1700.